The molecule has 10 rings (SSSR count). The standard InChI is InChI=1S/C52H42N6O4/c1-23(2)29-11-9-12-30(24(3)4)47(29)57-49(59)41-37-33-19-27(21-53)15-17-35(33)56-46(37)44-40-39(41)43(51(57)61)45-38(34-20-28(22-54)16-18-36(34)55-45)42(40)50(60)58(52(44)62)48-31(25(5)6)13-10-14-32(48)26(7)8/h9-20,23-26,55-56H,1-8H3. The summed E-state index contributed by atoms with van der Waals surface area (Å²) < 4.78 is 0. The van der Waals surface area contributed by atoms with Crippen LogP contribution in [-0.4, -0.2) is 33.6 Å². The topological polar surface area (TPSA) is 154 Å². The van der Waals surface area contributed by atoms with Crippen LogP contribution in [0.2, 0.25) is 0 Å². The molecule has 10 nitrogen and oxygen atoms in total. The van der Waals surface area contributed by atoms with E-state index in [1.807, 2.05) is 91.8 Å². The SMILES string of the molecule is CC(C)c1cccc(C(C)C)c1N1C(=O)c2c3[nH]c4ccc(C#N)cc4c3c3c4c(c5[nH]c6ccc(C#N)cc6c5c(c24)C1=O)C(=O)N(c1c(C(C)C)cccc1C(C)C)C3=O. The molecule has 2 aromatic heterocycles. The molecule has 0 aliphatic carbocycles. The molecule has 4 amide bonds. The van der Waals surface area contributed by atoms with Gasteiger partial charge in [-0.1, -0.05) is 91.8 Å². The highest BCUT2D eigenvalue weighted by Gasteiger charge is 2.47. The lowest BCUT2D eigenvalue weighted by Gasteiger charge is -2.36. The third kappa shape index (κ3) is 5.01. The number of rotatable bonds is 6. The Morgan fingerprint density at radius 3 is 1.08 bits per heavy atom. The first-order chi connectivity index (χ1) is 29.7. The van der Waals surface area contributed by atoms with E-state index < -0.39 is 23.6 Å². The molecule has 2 aliphatic heterocycles. The van der Waals surface area contributed by atoms with Gasteiger partial charge >= 0.3 is 0 Å². The number of aromatic amines is 2. The van der Waals surface area contributed by atoms with Gasteiger partial charge in [0, 0.05) is 43.4 Å². The summed E-state index contributed by atoms with van der Waals surface area (Å²) in [7, 11) is 0. The normalized spacial score (nSPS) is 14.1. The van der Waals surface area contributed by atoms with Crippen molar-refractivity contribution in [3.63, 3.8) is 0 Å². The summed E-state index contributed by atoms with van der Waals surface area (Å²) in [5.41, 5.74) is 7.31. The Morgan fingerprint density at radius 2 is 0.774 bits per heavy atom. The molecule has 0 unspecified atom stereocenters. The summed E-state index contributed by atoms with van der Waals surface area (Å²) >= 11 is 0. The first kappa shape index (κ1) is 38.6. The maximum Gasteiger partial charge on any atom is 0.268 e. The first-order valence-electron chi connectivity index (χ1n) is 21.1. The second kappa shape index (κ2) is 13.5. The van der Waals surface area contributed by atoms with E-state index in [1.165, 1.54) is 9.80 Å². The number of fused-ring (bicyclic) bond motifs is 10. The molecule has 0 saturated carbocycles. The van der Waals surface area contributed by atoms with Crippen molar-refractivity contribution < 1.29 is 19.2 Å². The van der Waals surface area contributed by atoms with Crippen LogP contribution in [0.15, 0.2) is 72.8 Å². The molecular formula is C52H42N6O4. The number of hydrogen-bond donors (Lipinski definition) is 2. The Morgan fingerprint density at radius 1 is 0.452 bits per heavy atom. The minimum atomic E-state index is -0.599. The molecule has 0 atom stereocenters. The fourth-order valence-corrected chi connectivity index (χ4v) is 10.1. The number of nitrogens with one attached hydrogen (secondary N) is 2. The van der Waals surface area contributed by atoms with Crippen molar-refractivity contribution in [3.05, 3.63) is 128 Å². The number of nitrogens with zero attached hydrogens (tertiary/aromatic N) is 4. The summed E-state index contributed by atoms with van der Waals surface area (Å²) in [5, 5.41) is 22.5. The number of carbonyl (C=O) groups excluding carboxylic acids is 4. The van der Waals surface area contributed by atoms with Gasteiger partial charge in [0.05, 0.1) is 67.9 Å². The lowest BCUT2D eigenvalue weighted by molar-refractivity contribution is 0.0875. The fraction of sp³-hybridized carbons (Fsp3) is 0.231. The van der Waals surface area contributed by atoms with Crippen LogP contribution < -0.4 is 9.80 Å². The number of nitriles is 2. The van der Waals surface area contributed by atoms with Crippen LogP contribution in [0.3, 0.4) is 0 Å². The Labute approximate surface area is 357 Å². The number of carbonyl (C=O) groups is 4. The Hall–Kier alpha value is -7.56. The van der Waals surface area contributed by atoms with E-state index in [9.17, 15) is 10.5 Å². The predicted molar refractivity (Wildman–Crippen MR) is 244 cm³/mol. The van der Waals surface area contributed by atoms with Gasteiger partial charge in [-0.25, -0.2) is 9.80 Å². The smallest absolute Gasteiger partial charge is 0.268 e. The van der Waals surface area contributed by atoms with Gasteiger partial charge in [-0.3, -0.25) is 19.2 Å². The van der Waals surface area contributed by atoms with E-state index in [0.29, 0.717) is 66.1 Å². The predicted octanol–water partition coefficient (Wildman–Crippen LogP) is 11.9. The van der Waals surface area contributed by atoms with Gasteiger partial charge in [0.25, 0.3) is 23.6 Å². The molecule has 2 N–H and O–H groups in total. The summed E-state index contributed by atoms with van der Waals surface area (Å²) in [6.45, 7) is 16.2. The average molecular weight is 815 g/mol. The largest absolute Gasteiger partial charge is 0.354 e. The van der Waals surface area contributed by atoms with Crippen LogP contribution in [0.25, 0.3) is 54.4 Å². The molecular weight excluding hydrogens is 773 g/mol. The van der Waals surface area contributed by atoms with Gasteiger partial charge in [-0.2, -0.15) is 10.5 Å². The van der Waals surface area contributed by atoms with Crippen molar-refractivity contribution >= 4 is 89.4 Å². The molecule has 0 saturated heterocycles. The zero-order chi connectivity index (χ0) is 43.8. The summed E-state index contributed by atoms with van der Waals surface area (Å²) in [5.74, 6) is -2.69. The van der Waals surface area contributed by atoms with Crippen LogP contribution in [0, 0.1) is 22.7 Å². The molecule has 2 aliphatic rings. The maximum absolute atomic E-state index is 15.9. The van der Waals surface area contributed by atoms with Gasteiger partial charge in [0.2, 0.25) is 0 Å². The quantitative estimate of drug-likeness (QED) is 0.159. The number of H-pyrrole nitrogens is 2. The Kier molecular flexibility index (Phi) is 8.39. The highest BCUT2D eigenvalue weighted by Crippen LogP contribution is 2.52. The average Bonchev–Trinajstić information content (AvgIpc) is 3.81. The number of benzene rings is 6. The van der Waals surface area contributed by atoms with Crippen molar-refractivity contribution in [2.45, 2.75) is 79.1 Å². The Bertz CT molecular complexity index is 3210. The summed E-state index contributed by atoms with van der Waals surface area (Å²) in [4.78, 5) is 73.0. The van der Waals surface area contributed by atoms with Gasteiger partial charge in [-0.05, 0) is 82.3 Å². The molecule has 304 valence electrons. The second-order valence-electron chi connectivity index (χ2n) is 17.8. The van der Waals surface area contributed by atoms with Gasteiger partial charge < -0.3 is 9.97 Å². The number of amides is 4. The molecule has 0 radical (unpaired) electrons. The molecule has 10 heteroatoms. The minimum absolute atomic E-state index is 0.0736. The first-order valence-corrected chi connectivity index (χ1v) is 21.1. The van der Waals surface area contributed by atoms with E-state index in [1.54, 1.807) is 36.4 Å². The molecule has 62 heavy (non-hydrogen) atoms. The molecule has 6 aromatic carbocycles. The lowest BCUT2D eigenvalue weighted by atomic mass is 9.80. The minimum Gasteiger partial charge on any atom is -0.354 e. The lowest BCUT2D eigenvalue weighted by Crippen LogP contribution is -2.45. The number of aromatic nitrogens is 2. The zero-order valence-electron chi connectivity index (χ0n) is 35.7. The van der Waals surface area contributed by atoms with Crippen LogP contribution in [0.5, 0.6) is 0 Å². The monoisotopic (exact) mass is 814 g/mol. The van der Waals surface area contributed by atoms with E-state index in [-0.39, 0.29) is 56.7 Å². The van der Waals surface area contributed by atoms with Gasteiger partial charge in [0.1, 0.15) is 0 Å². The van der Waals surface area contributed by atoms with Crippen molar-refractivity contribution in [2.24, 2.45) is 0 Å². The maximum atomic E-state index is 15.9. The van der Waals surface area contributed by atoms with Crippen molar-refractivity contribution in [2.75, 3.05) is 9.80 Å². The van der Waals surface area contributed by atoms with E-state index in [2.05, 4.69) is 22.1 Å². The van der Waals surface area contributed by atoms with E-state index in [4.69, 9.17) is 0 Å². The molecule has 0 bridgehead atoms. The Balaban J connectivity index is 1.48. The molecule has 8 aromatic rings. The third-order valence-electron chi connectivity index (χ3n) is 12.9. The van der Waals surface area contributed by atoms with Crippen LogP contribution in [-0.2, 0) is 0 Å². The zero-order valence-corrected chi connectivity index (χ0v) is 35.7. The van der Waals surface area contributed by atoms with E-state index in [0.717, 1.165) is 22.3 Å². The fourth-order valence-electron chi connectivity index (χ4n) is 10.1. The summed E-state index contributed by atoms with van der Waals surface area (Å²) in [6.07, 6.45) is 0. The second-order valence-corrected chi connectivity index (χ2v) is 17.8. The highest BCUT2D eigenvalue weighted by atomic mass is 16.2. The van der Waals surface area contributed by atoms with Crippen LogP contribution in [0.4, 0.5) is 11.4 Å². The third-order valence-corrected chi connectivity index (χ3v) is 12.9. The van der Waals surface area contributed by atoms with Crippen LogP contribution in [0.1, 0.15) is 154 Å². The molecule has 0 spiro atoms. The number of para-hydroxylation sites is 2. The van der Waals surface area contributed by atoms with Crippen molar-refractivity contribution in [3.8, 4) is 12.1 Å². The van der Waals surface area contributed by atoms with Gasteiger partial charge in [0.15, 0.2) is 0 Å². The molecule has 4 heterocycles. The molecule has 0 fully saturated rings. The number of anilines is 2. The van der Waals surface area contributed by atoms with Gasteiger partial charge in [-0.15, -0.1) is 0 Å². The summed E-state index contributed by atoms with van der Waals surface area (Å²) in [6, 6.07) is 26.4. The number of imide groups is 2. The number of hydrogen-bond acceptors (Lipinski definition) is 6. The van der Waals surface area contributed by atoms with Crippen LogP contribution >= 0.6 is 0 Å². The highest BCUT2D eigenvalue weighted by molar-refractivity contribution is 6.51. The van der Waals surface area contributed by atoms with Crippen molar-refractivity contribution in [1.29, 1.82) is 10.5 Å². The van der Waals surface area contributed by atoms with E-state index >= 15 is 19.2 Å². The van der Waals surface area contributed by atoms with Crippen molar-refractivity contribution in [1.82, 2.24) is 9.97 Å².